The summed E-state index contributed by atoms with van der Waals surface area (Å²) in [6.45, 7) is 2.10. The van der Waals surface area contributed by atoms with Gasteiger partial charge in [-0.1, -0.05) is 54.1 Å². The van der Waals surface area contributed by atoms with Crippen LogP contribution in [0.25, 0.3) is 11.1 Å². The topological polar surface area (TPSA) is 127 Å². The summed E-state index contributed by atoms with van der Waals surface area (Å²) >= 11 is 5.50. The second kappa shape index (κ2) is 15.9. The van der Waals surface area contributed by atoms with E-state index in [1.54, 1.807) is 14.2 Å². The van der Waals surface area contributed by atoms with Gasteiger partial charge in [0.05, 0.1) is 19.2 Å². The number of hydrogen-bond donors (Lipinski definition) is 4. The van der Waals surface area contributed by atoms with E-state index in [1.165, 1.54) is 30.0 Å². The third-order valence-electron chi connectivity index (χ3n) is 6.06. The molecule has 0 aliphatic heterocycles. The van der Waals surface area contributed by atoms with Gasteiger partial charge < -0.3 is 35.8 Å². The predicted molar refractivity (Wildman–Crippen MR) is 163 cm³/mol. The molecule has 9 heteroatoms. The van der Waals surface area contributed by atoms with Crippen molar-refractivity contribution in [2.45, 2.75) is 6.42 Å². The normalized spacial score (nSPS) is 10.2. The number of aromatic hydroxyl groups is 1. The molecule has 214 valence electrons. The number of rotatable bonds is 12. The quantitative estimate of drug-likeness (QED) is 0.126. The van der Waals surface area contributed by atoms with Crippen LogP contribution in [0.15, 0.2) is 84.9 Å². The van der Waals surface area contributed by atoms with Crippen LogP contribution in [0.5, 0.6) is 23.0 Å². The monoisotopic (exact) mass is 575 g/mol. The van der Waals surface area contributed by atoms with Crippen molar-refractivity contribution in [1.82, 2.24) is 5.32 Å². The number of phenols is 1. The average molecular weight is 576 g/mol. The lowest BCUT2D eigenvalue weighted by Gasteiger charge is -2.17. The van der Waals surface area contributed by atoms with E-state index >= 15 is 0 Å². The van der Waals surface area contributed by atoms with Crippen molar-refractivity contribution in [3.8, 4) is 34.1 Å². The number of primary amides is 1. The van der Waals surface area contributed by atoms with E-state index in [0.717, 1.165) is 42.0 Å². The van der Waals surface area contributed by atoms with Gasteiger partial charge in [-0.25, -0.2) is 0 Å². The molecular formula is C32H34ClN3O5. The smallest absolute Gasteiger partial charge is 0.248 e. The van der Waals surface area contributed by atoms with E-state index in [1.807, 2.05) is 54.6 Å². The summed E-state index contributed by atoms with van der Waals surface area (Å²) in [5.41, 5.74) is 9.23. The second-order valence-corrected chi connectivity index (χ2v) is 9.24. The summed E-state index contributed by atoms with van der Waals surface area (Å²) in [7, 11) is 3.30. The van der Waals surface area contributed by atoms with Gasteiger partial charge in [0, 0.05) is 23.9 Å². The summed E-state index contributed by atoms with van der Waals surface area (Å²) in [5.74, 6) is 1.58. The molecule has 0 saturated heterocycles. The number of methoxy groups -OCH3 is 2. The molecule has 0 atom stereocenters. The lowest BCUT2D eigenvalue weighted by molar-refractivity contribution is 0.1000. The number of halogens is 1. The Labute approximate surface area is 245 Å². The van der Waals surface area contributed by atoms with Crippen LogP contribution in [0, 0.1) is 5.41 Å². The van der Waals surface area contributed by atoms with Crippen LogP contribution in [0.4, 0.5) is 0 Å². The number of amides is 1. The minimum absolute atomic E-state index is 0.0586. The molecule has 8 nitrogen and oxygen atoms in total. The lowest BCUT2D eigenvalue weighted by atomic mass is 10.0. The zero-order valence-electron chi connectivity index (χ0n) is 23.0. The number of carbonyl (C=O) groups is 1. The zero-order valence-corrected chi connectivity index (χ0v) is 23.8. The van der Waals surface area contributed by atoms with Gasteiger partial charge in [0.2, 0.25) is 5.91 Å². The van der Waals surface area contributed by atoms with Crippen molar-refractivity contribution in [2.75, 3.05) is 33.9 Å². The molecule has 0 saturated carbocycles. The van der Waals surface area contributed by atoms with Crippen molar-refractivity contribution in [1.29, 1.82) is 5.41 Å². The lowest BCUT2D eigenvalue weighted by Crippen LogP contribution is -2.23. The van der Waals surface area contributed by atoms with Gasteiger partial charge in [-0.2, -0.15) is 0 Å². The molecule has 4 aromatic rings. The van der Waals surface area contributed by atoms with E-state index in [4.69, 9.17) is 42.1 Å². The van der Waals surface area contributed by atoms with E-state index in [2.05, 4.69) is 17.4 Å². The minimum atomic E-state index is -0.563. The van der Waals surface area contributed by atoms with E-state index in [-0.39, 0.29) is 16.3 Å². The molecule has 5 N–H and O–H groups in total. The number of ether oxygens (including phenoxy) is 3. The first-order chi connectivity index (χ1) is 19.9. The summed E-state index contributed by atoms with van der Waals surface area (Å²) in [4.78, 5) is 10.5. The molecule has 0 heterocycles. The maximum absolute atomic E-state index is 10.5. The highest BCUT2D eigenvalue weighted by Crippen LogP contribution is 2.39. The van der Waals surface area contributed by atoms with Crippen molar-refractivity contribution >= 4 is 23.7 Å². The van der Waals surface area contributed by atoms with Crippen molar-refractivity contribution in [2.24, 2.45) is 5.73 Å². The van der Waals surface area contributed by atoms with Gasteiger partial charge >= 0.3 is 0 Å². The molecule has 0 unspecified atom stereocenters. The van der Waals surface area contributed by atoms with E-state index < -0.39 is 5.91 Å². The second-order valence-electron chi connectivity index (χ2n) is 8.84. The molecule has 0 fully saturated rings. The van der Waals surface area contributed by atoms with Crippen LogP contribution in [0.1, 0.15) is 21.5 Å². The first-order valence-electron chi connectivity index (χ1n) is 12.9. The highest BCUT2D eigenvalue weighted by Gasteiger charge is 2.14. The number of nitrogens with two attached hydrogens (primary N) is 1. The molecule has 0 spiro atoms. The number of nitrogens with one attached hydrogen (secondary N) is 2. The molecule has 0 aliphatic carbocycles. The Kier molecular flexibility index (Phi) is 12.0. The predicted octanol–water partition coefficient (Wildman–Crippen LogP) is 5.72. The molecule has 0 bridgehead atoms. The first kappa shape index (κ1) is 31.0. The number of carbonyl (C=O) groups excluding carboxylic acids is 1. The fourth-order valence-electron chi connectivity index (χ4n) is 3.87. The Bertz CT molecular complexity index is 1430. The molecule has 41 heavy (non-hydrogen) atoms. The first-order valence-corrected chi connectivity index (χ1v) is 13.3. The van der Waals surface area contributed by atoms with Crippen LogP contribution < -0.4 is 25.3 Å². The average Bonchev–Trinajstić information content (AvgIpc) is 3.01. The summed E-state index contributed by atoms with van der Waals surface area (Å²) in [6, 6.07) is 26.0. The van der Waals surface area contributed by atoms with Crippen LogP contribution >= 0.6 is 11.6 Å². The van der Waals surface area contributed by atoms with E-state index in [0.29, 0.717) is 18.1 Å². The van der Waals surface area contributed by atoms with Crippen molar-refractivity contribution in [3.63, 3.8) is 0 Å². The molecule has 0 radical (unpaired) electrons. The maximum Gasteiger partial charge on any atom is 0.248 e. The molecule has 0 aliphatic rings. The van der Waals surface area contributed by atoms with Gasteiger partial charge in [0.25, 0.3) is 0 Å². The molecule has 4 aromatic carbocycles. The van der Waals surface area contributed by atoms with Crippen molar-refractivity contribution in [3.05, 3.63) is 107 Å². The Morgan fingerprint density at radius 2 is 1.71 bits per heavy atom. The Morgan fingerprint density at radius 1 is 0.976 bits per heavy atom. The molecule has 4 rings (SSSR count). The largest absolute Gasteiger partial charge is 0.506 e. The zero-order chi connectivity index (χ0) is 29.6. The van der Waals surface area contributed by atoms with Crippen LogP contribution in [-0.4, -0.2) is 51.1 Å². The van der Waals surface area contributed by atoms with Gasteiger partial charge in [0.1, 0.15) is 18.1 Å². The van der Waals surface area contributed by atoms with Crippen LogP contribution in [0.3, 0.4) is 0 Å². The standard InChI is InChI=1S/C25H28N2O3.C7H6ClNO2/c1-28-22-10-8-19(9-11-22)12-13-27-14-15-30-25-23(21-6-4-3-5-7-21)16-20(18-26)17-24(25)29-2;8-5-3-4(7(9)11)1-2-6(5)10/h3-11,16-18,26-27H,12-15H2,1-2H3;1-3,10H,(H2,9,11). The maximum atomic E-state index is 10.5. The highest BCUT2D eigenvalue weighted by molar-refractivity contribution is 6.32. The van der Waals surface area contributed by atoms with Gasteiger partial charge in [0.15, 0.2) is 11.5 Å². The Hall–Kier alpha value is -4.53. The molecule has 1 amide bonds. The van der Waals surface area contributed by atoms with Gasteiger partial charge in [-0.15, -0.1) is 0 Å². The third-order valence-corrected chi connectivity index (χ3v) is 6.36. The Morgan fingerprint density at radius 3 is 2.32 bits per heavy atom. The summed E-state index contributed by atoms with van der Waals surface area (Å²) in [5, 5.41) is 20.1. The summed E-state index contributed by atoms with van der Waals surface area (Å²) < 4.78 is 16.9. The molecule has 0 aromatic heterocycles. The number of benzene rings is 4. The van der Waals surface area contributed by atoms with Crippen LogP contribution in [0.2, 0.25) is 5.02 Å². The Balaban J connectivity index is 0.000000352. The summed E-state index contributed by atoms with van der Waals surface area (Å²) in [6.07, 6.45) is 2.26. The number of phenolic OH excluding ortho intramolecular Hbond substituents is 1. The molecular weight excluding hydrogens is 542 g/mol. The number of hydrogen-bond acceptors (Lipinski definition) is 7. The fourth-order valence-corrected chi connectivity index (χ4v) is 4.06. The fraction of sp³-hybridized carbons (Fsp3) is 0.188. The van der Waals surface area contributed by atoms with Gasteiger partial charge in [-0.3, -0.25) is 4.79 Å². The van der Waals surface area contributed by atoms with Crippen LogP contribution in [-0.2, 0) is 6.42 Å². The van der Waals surface area contributed by atoms with E-state index in [9.17, 15) is 4.79 Å². The minimum Gasteiger partial charge on any atom is -0.506 e. The van der Waals surface area contributed by atoms with Crippen molar-refractivity contribution < 1.29 is 24.1 Å². The van der Waals surface area contributed by atoms with Gasteiger partial charge in [-0.05, 0) is 72.1 Å². The highest BCUT2D eigenvalue weighted by atomic mass is 35.5. The third kappa shape index (κ3) is 9.27. The SMILES string of the molecule is COc1ccc(CCNCCOc2c(OC)cc(C=N)cc2-c2ccccc2)cc1.NC(=O)c1ccc(O)c(Cl)c1.